The van der Waals surface area contributed by atoms with Gasteiger partial charge in [0.2, 0.25) is 0 Å². The largest absolute Gasteiger partial charge is 1.00 e. The molecule has 0 aromatic heterocycles. The van der Waals surface area contributed by atoms with Crippen molar-refractivity contribution in [3.63, 3.8) is 0 Å². The Hall–Kier alpha value is -0.630. The van der Waals surface area contributed by atoms with Crippen molar-refractivity contribution in [2.24, 2.45) is 0 Å². The number of hydrogen-bond acceptors (Lipinski definition) is 5. The molecule has 2 rings (SSSR count). The van der Waals surface area contributed by atoms with Gasteiger partial charge in [-0.25, -0.2) is 5.26 Å². The molecule has 0 amide bonds. The molecule has 0 saturated carbocycles. The van der Waals surface area contributed by atoms with Gasteiger partial charge in [-0.1, -0.05) is 24.3 Å². The summed E-state index contributed by atoms with van der Waals surface area (Å²) in [6, 6.07) is 9.05. The summed E-state index contributed by atoms with van der Waals surface area (Å²) < 4.78 is 25.8. The Morgan fingerprint density at radius 2 is 1.82 bits per heavy atom. The molecule has 0 aliphatic carbocycles. The van der Waals surface area contributed by atoms with Gasteiger partial charge in [-0.15, -0.1) is 4.33 Å². The zero-order valence-electron chi connectivity index (χ0n) is 9.99. The van der Waals surface area contributed by atoms with E-state index in [4.69, 9.17) is 5.26 Å². The minimum atomic E-state index is -4.22. The van der Waals surface area contributed by atoms with Crippen LogP contribution in [0.4, 0.5) is 0 Å². The number of phenolic OH excluding ortho intramolecular Hbond substituents is 1. The summed E-state index contributed by atoms with van der Waals surface area (Å²) in [7, 11) is -4.22. The van der Waals surface area contributed by atoms with Crippen LogP contribution < -0.4 is 29.6 Å². The zero-order valence-corrected chi connectivity index (χ0v) is 11.8. The van der Waals surface area contributed by atoms with Crippen LogP contribution >= 0.6 is 0 Å². The predicted octanol–water partition coefficient (Wildman–Crippen LogP) is -1.16. The van der Waals surface area contributed by atoms with Crippen molar-refractivity contribution in [2.75, 3.05) is 0 Å². The van der Waals surface area contributed by atoms with Gasteiger partial charge in [-0.05, 0) is 11.5 Å². The topological polar surface area (TPSA) is 83.8 Å². The minimum Gasteiger partial charge on any atom is -1.00 e. The Bertz CT molecular complexity index is 644. The molecular weight excluding hydrogens is 255 g/mol. The van der Waals surface area contributed by atoms with Gasteiger partial charge in [0.1, 0.15) is 10.6 Å². The van der Waals surface area contributed by atoms with Crippen LogP contribution in [0.3, 0.4) is 0 Å². The van der Waals surface area contributed by atoms with Crippen molar-refractivity contribution in [2.45, 2.75) is 4.90 Å². The Labute approximate surface area is 121 Å². The Balaban J connectivity index is 0.00000144. The summed E-state index contributed by atoms with van der Waals surface area (Å²) in [5.74, 6) is -0.186. The summed E-state index contributed by atoms with van der Waals surface area (Å²) in [5.41, 5.74) is 0. The van der Waals surface area contributed by atoms with E-state index in [1.807, 2.05) is 0 Å². The average molecular weight is 264 g/mol. The number of aromatic hydroxyl groups is 1. The second kappa shape index (κ2) is 5.34. The van der Waals surface area contributed by atoms with Crippen molar-refractivity contribution >= 4 is 20.9 Å². The number of benzene rings is 2. The van der Waals surface area contributed by atoms with Crippen LogP contribution in [0.15, 0.2) is 41.3 Å². The summed E-state index contributed by atoms with van der Waals surface area (Å²) in [5, 5.41) is 18.9. The third-order valence-electron chi connectivity index (χ3n) is 2.20. The van der Waals surface area contributed by atoms with Crippen molar-refractivity contribution in [3.05, 3.63) is 36.4 Å². The van der Waals surface area contributed by atoms with Gasteiger partial charge in [0.15, 0.2) is 0 Å². The van der Waals surface area contributed by atoms with Crippen LogP contribution in [-0.2, 0) is 14.5 Å². The third kappa shape index (κ3) is 2.79. The van der Waals surface area contributed by atoms with Crippen LogP contribution in [0, 0.1) is 0 Å². The van der Waals surface area contributed by atoms with Crippen molar-refractivity contribution < 1.29 is 54.1 Å². The smallest absolute Gasteiger partial charge is 1.00 e. The molecule has 0 aliphatic heterocycles. The molecule has 2 aromatic rings. The summed E-state index contributed by atoms with van der Waals surface area (Å²) in [4.78, 5) is -0.300. The van der Waals surface area contributed by atoms with Crippen LogP contribution in [0.1, 0.15) is 1.43 Å². The minimum absolute atomic E-state index is 0. The van der Waals surface area contributed by atoms with E-state index in [-0.39, 0.29) is 41.6 Å². The maximum Gasteiger partial charge on any atom is 1.00 e. The summed E-state index contributed by atoms with van der Waals surface area (Å²) in [6.07, 6.45) is 0. The fraction of sp³-hybridized carbons (Fsp3) is 0. The molecule has 7 heteroatoms. The van der Waals surface area contributed by atoms with Crippen molar-refractivity contribution in [1.29, 1.82) is 0 Å². The first-order valence-electron chi connectivity index (χ1n) is 4.34. The van der Waals surface area contributed by atoms with Crippen LogP contribution in [0.5, 0.6) is 5.75 Å². The van der Waals surface area contributed by atoms with Gasteiger partial charge in [-0.3, -0.25) is 0 Å². The maximum atomic E-state index is 11.2. The number of rotatable bonds is 2. The molecule has 0 fully saturated rings. The van der Waals surface area contributed by atoms with Gasteiger partial charge >= 0.3 is 39.7 Å². The van der Waals surface area contributed by atoms with Gasteiger partial charge in [0.25, 0.3) is 0 Å². The number of phenols is 1. The molecule has 0 aliphatic rings. The molecular formula is C10H9NaO5S. The van der Waals surface area contributed by atoms with E-state index >= 15 is 0 Å². The Morgan fingerprint density at radius 1 is 1.18 bits per heavy atom. The molecule has 0 atom stereocenters. The standard InChI is InChI=1S/C10H8O5S.Na.H/c11-10-6-8(16(13,14)15-12)5-7-3-1-2-4-9(7)10;;/h1-6,11-12H;;/q;+1;-1. The van der Waals surface area contributed by atoms with E-state index in [1.165, 1.54) is 6.07 Å². The first-order valence-corrected chi connectivity index (χ1v) is 5.75. The third-order valence-corrected chi connectivity index (χ3v) is 3.21. The van der Waals surface area contributed by atoms with Crippen LogP contribution in [0.25, 0.3) is 10.8 Å². The Kier molecular flexibility index (Phi) is 4.54. The molecule has 0 unspecified atom stereocenters. The summed E-state index contributed by atoms with van der Waals surface area (Å²) in [6.45, 7) is 0. The van der Waals surface area contributed by atoms with Crippen LogP contribution in [-0.4, -0.2) is 18.8 Å². The van der Waals surface area contributed by atoms with E-state index in [2.05, 4.69) is 4.33 Å². The van der Waals surface area contributed by atoms with E-state index in [9.17, 15) is 13.5 Å². The molecule has 2 aromatic carbocycles. The molecule has 0 saturated heterocycles. The van der Waals surface area contributed by atoms with Gasteiger partial charge in [-0.2, -0.15) is 8.42 Å². The molecule has 2 N–H and O–H groups in total. The van der Waals surface area contributed by atoms with E-state index < -0.39 is 10.1 Å². The van der Waals surface area contributed by atoms with Crippen molar-refractivity contribution in [1.82, 2.24) is 0 Å². The second-order valence-corrected chi connectivity index (χ2v) is 4.72. The summed E-state index contributed by atoms with van der Waals surface area (Å²) >= 11 is 0. The van der Waals surface area contributed by atoms with E-state index in [0.29, 0.717) is 10.8 Å². The first-order chi connectivity index (χ1) is 7.54. The maximum absolute atomic E-state index is 11.2. The van der Waals surface area contributed by atoms with E-state index in [1.54, 1.807) is 24.3 Å². The zero-order chi connectivity index (χ0) is 11.8. The second-order valence-electron chi connectivity index (χ2n) is 3.19. The van der Waals surface area contributed by atoms with Crippen LogP contribution in [0.2, 0.25) is 0 Å². The quantitative estimate of drug-likeness (QED) is 0.406. The predicted molar refractivity (Wildman–Crippen MR) is 57.6 cm³/mol. The molecule has 86 valence electrons. The molecule has 17 heavy (non-hydrogen) atoms. The fourth-order valence-corrected chi connectivity index (χ4v) is 2.06. The normalized spacial score (nSPS) is 11.1. The molecule has 5 nitrogen and oxygen atoms in total. The number of hydrogen-bond donors (Lipinski definition) is 2. The Morgan fingerprint density at radius 3 is 2.47 bits per heavy atom. The number of fused-ring (bicyclic) bond motifs is 1. The fourth-order valence-electron chi connectivity index (χ4n) is 1.45. The monoisotopic (exact) mass is 264 g/mol. The molecule has 0 spiro atoms. The molecule has 0 heterocycles. The van der Waals surface area contributed by atoms with E-state index in [0.717, 1.165) is 6.07 Å². The van der Waals surface area contributed by atoms with Crippen molar-refractivity contribution in [3.8, 4) is 5.75 Å². The van der Waals surface area contributed by atoms with Gasteiger partial charge in [0.05, 0.1) is 0 Å². The molecule has 0 radical (unpaired) electrons. The van der Waals surface area contributed by atoms with Gasteiger partial charge < -0.3 is 6.53 Å². The van der Waals surface area contributed by atoms with Gasteiger partial charge in [0, 0.05) is 11.5 Å². The SMILES string of the molecule is O=S(=O)(OO)c1cc(O)c2ccccc2c1.[H-].[Na+]. The first kappa shape index (κ1) is 14.4. The molecule has 0 bridgehead atoms. The average Bonchev–Trinajstić information content (AvgIpc) is 2.29.